The molecule has 0 saturated carbocycles. The van der Waals surface area contributed by atoms with Crippen LogP contribution in [0, 0.1) is 0 Å². The number of nitrogens with zero attached hydrogens (tertiary/aromatic N) is 1. The lowest BCUT2D eigenvalue weighted by atomic mass is 9.97. The summed E-state index contributed by atoms with van der Waals surface area (Å²) in [4.78, 5) is 2.71. The molecule has 0 spiro atoms. The number of unbranched alkanes of at least 4 members (excludes halogenated alkanes) is 1. The van der Waals surface area contributed by atoms with Crippen LogP contribution in [0.15, 0.2) is 0 Å². The molecule has 0 radical (unpaired) electrons. The normalized spacial score (nSPS) is 33.2. The van der Waals surface area contributed by atoms with Crippen molar-refractivity contribution in [1.29, 1.82) is 0 Å². The predicted octanol–water partition coefficient (Wildman–Crippen LogP) is 2.02. The Morgan fingerprint density at radius 3 is 2.47 bits per heavy atom. The monoisotopic (exact) mass is 240 g/mol. The summed E-state index contributed by atoms with van der Waals surface area (Å²) in [6.07, 6.45) is 7.91. The van der Waals surface area contributed by atoms with Crippen molar-refractivity contribution >= 4 is 0 Å². The van der Waals surface area contributed by atoms with E-state index in [1.54, 1.807) is 0 Å². The first kappa shape index (κ1) is 13.3. The molecular weight excluding hydrogens is 212 g/mol. The van der Waals surface area contributed by atoms with Gasteiger partial charge >= 0.3 is 0 Å². The van der Waals surface area contributed by atoms with Crippen LogP contribution >= 0.6 is 0 Å². The van der Waals surface area contributed by atoms with Gasteiger partial charge in [-0.2, -0.15) is 0 Å². The highest BCUT2D eigenvalue weighted by atomic mass is 16.5. The first-order valence-electron chi connectivity index (χ1n) is 7.36. The van der Waals surface area contributed by atoms with E-state index in [-0.39, 0.29) is 0 Å². The average Bonchev–Trinajstić information content (AvgIpc) is 2.60. The third kappa shape index (κ3) is 3.43. The average molecular weight is 240 g/mol. The molecule has 17 heavy (non-hydrogen) atoms. The summed E-state index contributed by atoms with van der Waals surface area (Å²) in [7, 11) is 2.10. The van der Waals surface area contributed by atoms with Crippen LogP contribution in [0.5, 0.6) is 0 Å². The highest BCUT2D eigenvalue weighted by molar-refractivity contribution is 4.96. The van der Waals surface area contributed by atoms with Crippen molar-refractivity contribution < 1.29 is 4.74 Å². The van der Waals surface area contributed by atoms with E-state index in [1.807, 2.05) is 0 Å². The van der Waals surface area contributed by atoms with Crippen LogP contribution < -0.4 is 5.32 Å². The molecule has 2 aliphatic rings. The van der Waals surface area contributed by atoms with Gasteiger partial charge in [0, 0.05) is 31.3 Å². The molecule has 2 heterocycles. The molecule has 3 heteroatoms. The third-order valence-corrected chi connectivity index (χ3v) is 4.43. The summed E-state index contributed by atoms with van der Waals surface area (Å²) in [6, 6.07) is 2.40. The number of ether oxygens (including phenoxy) is 1. The van der Waals surface area contributed by atoms with Gasteiger partial charge in [0.25, 0.3) is 0 Å². The maximum atomic E-state index is 5.70. The number of hydrogen-bond donors (Lipinski definition) is 1. The Labute approximate surface area is 106 Å². The molecule has 2 saturated heterocycles. The smallest absolute Gasteiger partial charge is 0.0593 e. The van der Waals surface area contributed by atoms with Crippen molar-refractivity contribution in [1.82, 2.24) is 10.2 Å². The second-order valence-electron chi connectivity index (χ2n) is 5.55. The fraction of sp³-hybridized carbons (Fsp3) is 1.00. The molecule has 2 bridgehead atoms. The van der Waals surface area contributed by atoms with Crippen LogP contribution in [-0.2, 0) is 4.74 Å². The van der Waals surface area contributed by atoms with Gasteiger partial charge in [-0.25, -0.2) is 0 Å². The van der Waals surface area contributed by atoms with Gasteiger partial charge in [0.05, 0.1) is 6.61 Å². The summed E-state index contributed by atoms with van der Waals surface area (Å²) in [6.45, 7) is 5.23. The lowest BCUT2D eigenvalue weighted by Crippen LogP contribution is -2.49. The van der Waals surface area contributed by atoms with E-state index in [9.17, 15) is 0 Å². The molecule has 0 amide bonds. The van der Waals surface area contributed by atoms with Gasteiger partial charge in [-0.3, -0.25) is 4.90 Å². The van der Waals surface area contributed by atoms with Crippen molar-refractivity contribution in [3.05, 3.63) is 0 Å². The van der Waals surface area contributed by atoms with Crippen molar-refractivity contribution in [3.8, 4) is 0 Å². The molecule has 2 aliphatic heterocycles. The SMILES string of the molecule is CCCCOCCN1C2CCC1CC(NC)C2. The fourth-order valence-electron chi connectivity index (χ4n) is 3.39. The Morgan fingerprint density at radius 2 is 1.88 bits per heavy atom. The quantitative estimate of drug-likeness (QED) is 0.689. The Bertz CT molecular complexity index is 208. The summed E-state index contributed by atoms with van der Waals surface area (Å²) in [5, 5.41) is 3.45. The summed E-state index contributed by atoms with van der Waals surface area (Å²) >= 11 is 0. The van der Waals surface area contributed by atoms with Gasteiger partial charge < -0.3 is 10.1 Å². The molecule has 2 fully saturated rings. The van der Waals surface area contributed by atoms with Crippen LogP contribution in [0.3, 0.4) is 0 Å². The van der Waals surface area contributed by atoms with Crippen LogP contribution in [0.25, 0.3) is 0 Å². The largest absolute Gasteiger partial charge is 0.380 e. The minimum absolute atomic E-state index is 0.754. The predicted molar refractivity (Wildman–Crippen MR) is 71.3 cm³/mol. The van der Waals surface area contributed by atoms with E-state index in [0.717, 1.165) is 37.9 Å². The molecule has 0 aliphatic carbocycles. The Hall–Kier alpha value is -0.120. The molecule has 2 unspecified atom stereocenters. The fourth-order valence-corrected chi connectivity index (χ4v) is 3.39. The van der Waals surface area contributed by atoms with E-state index in [0.29, 0.717) is 0 Å². The minimum atomic E-state index is 0.754. The topological polar surface area (TPSA) is 24.5 Å². The number of nitrogens with one attached hydrogen (secondary N) is 1. The van der Waals surface area contributed by atoms with Gasteiger partial charge in [0.2, 0.25) is 0 Å². The van der Waals surface area contributed by atoms with E-state index in [2.05, 4.69) is 24.2 Å². The molecule has 100 valence electrons. The first-order valence-corrected chi connectivity index (χ1v) is 7.36. The summed E-state index contributed by atoms with van der Waals surface area (Å²) in [5.41, 5.74) is 0. The van der Waals surface area contributed by atoms with Crippen LogP contribution in [0.1, 0.15) is 45.4 Å². The molecule has 0 aromatic rings. The van der Waals surface area contributed by atoms with E-state index in [1.165, 1.54) is 38.5 Å². The first-order chi connectivity index (χ1) is 8.35. The van der Waals surface area contributed by atoms with Crippen molar-refractivity contribution in [3.63, 3.8) is 0 Å². The molecule has 2 rings (SSSR count). The minimum Gasteiger partial charge on any atom is -0.380 e. The Morgan fingerprint density at radius 1 is 1.18 bits per heavy atom. The lowest BCUT2D eigenvalue weighted by Gasteiger charge is -2.38. The van der Waals surface area contributed by atoms with Gasteiger partial charge in [0.1, 0.15) is 0 Å². The number of rotatable bonds is 7. The van der Waals surface area contributed by atoms with E-state index >= 15 is 0 Å². The third-order valence-electron chi connectivity index (χ3n) is 4.43. The highest BCUT2D eigenvalue weighted by Crippen LogP contribution is 2.35. The summed E-state index contributed by atoms with van der Waals surface area (Å²) < 4.78 is 5.70. The molecule has 3 nitrogen and oxygen atoms in total. The molecule has 2 atom stereocenters. The maximum absolute atomic E-state index is 5.70. The number of hydrogen-bond acceptors (Lipinski definition) is 3. The molecule has 0 aromatic carbocycles. The zero-order chi connectivity index (χ0) is 12.1. The second kappa shape index (κ2) is 6.72. The molecular formula is C14H28N2O. The standard InChI is InChI=1S/C14H28N2O/c1-3-4-8-17-9-7-16-13-5-6-14(16)11-12(10-13)15-2/h12-15H,3-11H2,1-2H3. The number of fused-ring (bicyclic) bond motifs is 2. The number of piperidine rings is 1. The zero-order valence-electron chi connectivity index (χ0n) is 11.5. The van der Waals surface area contributed by atoms with E-state index < -0.39 is 0 Å². The van der Waals surface area contributed by atoms with Crippen LogP contribution in [0.4, 0.5) is 0 Å². The van der Waals surface area contributed by atoms with Crippen molar-refractivity contribution in [2.75, 3.05) is 26.8 Å². The second-order valence-corrected chi connectivity index (χ2v) is 5.55. The van der Waals surface area contributed by atoms with E-state index in [4.69, 9.17) is 4.74 Å². The van der Waals surface area contributed by atoms with Gasteiger partial charge in [0.15, 0.2) is 0 Å². The van der Waals surface area contributed by atoms with Gasteiger partial charge in [-0.1, -0.05) is 13.3 Å². The van der Waals surface area contributed by atoms with Crippen molar-refractivity contribution in [2.24, 2.45) is 0 Å². The zero-order valence-corrected chi connectivity index (χ0v) is 11.5. The lowest BCUT2D eigenvalue weighted by molar-refractivity contribution is 0.0588. The summed E-state index contributed by atoms with van der Waals surface area (Å²) in [5.74, 6) is 0. The van der Waals surface area contributed by atoms with Gasteiger partial charge in [-0.05, 0) is 39.2 Å². The Balaban J connectivity index is 1.68. The maximum Gasteiger partial charge on any atom is 0.0593 e. The Kier molecular flexibility index (Phi) is 5.26. The van der Waals surface area contributed by atoms with Crippen molar-refractivity contribution in [2.45, 2.75) is 63.6 Å². The molecule has 1 N–H and O–H groups in total. The van der Waals surface area contributed by atoms with Crippen LogP contribution in [0.2, 0.25) is 0 Å². The van der Waals surface area contributed by atoms with Gasteiger partial charge in [-0.15, -0.1) is 0 Å². The molecule has 0 aromatic heterocycles. The highest BCUT2D eigenvalue weighted by Gasteiger charge is 2.39. The van der Waals surface area contributed by atoms with Crippen LogP contribution in [-0.4, -0.2) is 49.8 Å².